The second-order valence-electron chi connectivity index (χ2n) is 6.73. The molecule has 1 atom stereocenters. The zero-order chi connectivity index (χ0) is 17.2. The number of rotatable bonds is 4. The highest BCUT2D eigenvalue weighted by Crippen LogP contribution is 2.27. The summed E-state index contributed by atoms with van der Waals surface area (Å²) < 4.78 is 11.2. The lowest BCUT2D eigenvalue weighted by Gasteiger charge is -2.19. The molecule has 0 bridgehead atoms. The first-order chi connectivity index (χ1) is 11.4. The zero-order valence-corrected chi connectivity index (χ0v) is 14.4. The lowest BCUT2D eigenvalue weighted by molar-refractivity contribution is 0.175. The van der Waals surface area contributed by atoms with Crippen LogP contribution in [-0.4, -0.2) is 15.1 Å². The molecule has 0 spiro atoms. The van der Waals surface area contributed by atoms with Gasteiger partial charge < -0.3 is 9.26 Å². The monoisotopic (exact) mass is 323 g/mol. The van der Waals surface area contributed by atoms with Crippen molar-refractivity contribution >= 4 is 0 Å². The summed E-state index contributed by atoms with van der Waals surface area (Å²) in [4.78, 5) is 8.38. The molecule has 0 aliphatic heterocycles. The van der Waals surface area contributed by atoms with E-state index in [1.54, 1.807) is 12.4 Å². The van der Waals surface area contributed by atoms with Crippen molar-refractivity contribution in [3.8, 4) is 17.1 Å². The Balaban J connectivity index is 1.71. The highest BCUT2D eigenvalue weighted by Gasteiger charge is 2.18. The van der Waals surface area contributed by atoms with Crippen molar-refractivity contribution in [3.05, 3.63) is 60.2 Å². The molecule has 124 valence electrons. The van der Waals surface area contributed by atoms with Crippen molar-refractivity contribution < 1.29 is 9.26 Å². The number of hydrogen-bond acceptors (Lipinski definition) is 5. The van der Waals surface area contributed by atoms with Gasteiger partial charge in [-0.05, 0) is 42.2 Å². The van der Waals surface area contributed by atoms with Crippen LogP contribution in [0.4, 0.5) is 0 Å². The molecule has 2 aromatic heterocycles. The molecule has 3 rings (SSSR count). The maximum Gasteiger partial charge on any atom is 0.267 e. The van der Waals surface area contributed by atoms with E-state index in [9.17, 15) is 0 Å². The van der Waals surface area contributed by atoms with Gasteiger partial charge in [0.25, 0.3) is 5.89 Å². The highest BCUT2D eigenvalue weighted by atomic mass is 16.5. The summed E-state index contributed by atoms with van der Waals surface area (Å²) in [6.07, 6.45) is 3.07. The summed E-state index contributed by atoms with van der Waals surface area (Å²) >= 11 is 0. The molecule has 0 N–H and O–H groups in total. The van der Waals surface area contributed by atoms with E-state index >= 15 is 0 Å². The summed E-state index contributed by atoms with van der Waals surface area (Å²) in [7, 11) is 0. The minimum absolute atomic E-state index is 0.121. The lowest BCUT2D eigenvalue weighted by Crippen LogP contribution is -2.10. The van der Waals surface area contributed by atoms with Gasteiger partial charge in [-0.15, -0.1) is 0 Å². The predicted octanol–water partition coefficient (Wildman–Crippen LogP) is 4.57. The quantitative estimate of drug-likeness (QED) is 0.704. The average Bonchev–Trinajstić information content (AvgIpc) is 3.05. The van der Waals surface area contributed by atoms with E-state index < -0.39 is 0 Å². The Labute approximate surface area is 141 Å². The van der Waals surface area contributed by atoms with Crippen molar-refractivity contribution in [1.29, 1.82) is 0 Å². The van der Waals surface area contributed by atoms with E-state index in [2.05, 4.69) is 48.0 Å². The predicted molar refractivity (Wildman–Crippen MR) is 91.7 cm³/mol. The second-order valence-corrected chi connectivity index (χ2v) is 6.73. The van der Waals surface area contributed by atoms with Gasteiger partial charge in [0.15, 0.2) is 6.10 Å². The largest absolute Gasteiger partial charge is 0.481 e. The molecule has 1 aromatic carbocycles. The Morgan fingerprint density at radius 2 is 1.67 bits per heavy atom. The van der Waals surface area contributed by atoms with Crippen LogP contribution >= 0.6 is 0 Å². The van der Waals surface area contributed by atoms with Gasteiger partial charge in [-0.3, -0.25) is 4.98 Å². The van der Waals surface area contributed by atoms with E-state index in [0.29, 0.717) is 11.7 Å². The first-order valence-corrected chi connectivity index (χ1v) is 7.95. The molecule has 3 aromatic rings. The fraction of sp³-hybridized carbons (Fsp3) is 0.316. The van der Waals surface area contributed by atoms with Crippen molar-refractivity contribution in [2.75, 3.05) is 0 Å². The maximum atomic E-state index is 5.91. The van der Waals surface area contributed by atoms with E-state index in [-0.39, 0.29) is 11.5 Å². The molecule has 0 aliphatic rings. The summed E-state index contributed by atoms with van der Waals surface area (Å²) in [5, 5.41) is 4.00. The number of pyridine rings is 1. The first-order valence-electron chi connectivity index (χ1n) is 7.95. The molecular formula is C19H21N3O2. The van der Waals surface area contributed by atoms with E-state index in [1.807, 2.05) is 31.2 Å². The van der Waals surface area contributed by atoms with Gasteiger partial charge in [-0.1, -0.05) is 38.1 Å². The van der Waals surface area contributed by atoms with Crippen LogP contribution in [0.25, 0.3) is 11.4 Å². The molecule has 2 heterocycles. The van der Waals surface area contributed by atoms with Gasteiger partial charge in [0, 0.05) is 18.0 Å². The summed E-state index contributed by atoms with van der Waals surface area (Å²) in [5.41, 5.74) is 2.25. The molecular weight excluding hydrogens is 302 g/mol. The first kappa shape index (κ1) is 16.2. The molecule has 1 unspecified atom stereocenters. The number of hydrogen-bond donors (Lipinski definition) is 0. The number of ether oxygens (including phenoxy) is 1. The third-order valence-electron chi connectivity index (χ3n) is 3.76. The van der Waals surface area contributed by atoms with E-state index in [4.69, 9.17) is 9.26 Å². The van der Waals surface area contributed by atoms with Crippen LogP contribution in [0.1, 0.15) is 45.3 Å². The topological polar surface area (TPSA) is 61.0 Å². The van der Waals surface area contributed by atoms with E-state index in [1.165, 1.54) is 5.56 Å². The molecule has 0 fully saturated rings. The lowest BCUT2D eigenvalue weighted by atomic mass is 9.87. The van der Waals surface area contributed by atoms with Gasteiger partial charge in [0.2, 0.25) is 5.82 Å². The van der Waals surface area contributed by atoms with Crippen LogP contribution in [-0.2, 0) is 5.41 Å². The van der Waals surface area contributed by atoms with Gasteiger partial charge >= 0.3 is 0 Å². The molecule has 0 aliphatic carbocycles. The standard InChI is InChI=1S/C19H21N3O2/c1-13(23-16-7-5-15(6-8-16)19(2,3)4)18-21-17(22-24-18)14-9-11-20-12-10-14/h5-13H,1-4H3. The Morgan fingerprint density at radius 1 is 1.00 bits per heavy atom. The van der Waals surface area contributed by atoms with Crippen LogP contribution in [0, 0.1) is 0 Å². The molecule has 24 heavy (non-hydrogen) atoms. The molecule has 0 amide bonds. The SMILES string of the molecule is CC(Oc1ccc(C(C)(C)C)cc1)c1nc(-c2ccncc2)no1. The molecule has 0 radical (unpaired) electrons. The Hall–Kier alpha value is -2.69. The second kappa shape index (κ2) is 6.43. The Bertz CT molecular complexity index is 789. The number of nitrogens with zero attached hydrogens (tertiary/aromatic N) is 3. The average molecular weight is 323 g/mol. The van der Waals surface area contributed by atoms with Crippen molar-refractivity contribution in [1.82, 2.24) is 15.1 Å². The third kappa shape index (κ3) is 3.62. The van der Waals surface area contributed by atoms with Gasteiger partial charge in [0.1, 0.15) is 5.75 Å². The fourth-order valence-corrected chi connectivity index (χ4v) is 2.31. The van der Waals surface area contributed by atoms with Gasteiger partial charge in [0.05, 0.1) is 0 Å². The van der Waals surface area contributed by atoms with Crippen molar-refractivity contribution in [2.45, 2.75) is 39.2 Å². The van der Waals surface area contributed by atoms with Crippen molar-refractivity contribution in [3.63, 3.8) is 0 Å². The normalized spacial score (nSPS) is 12.8. The zero-order valence-electron chi connectivity index (χ0n) is 14.4. The van der Waals surface area contributed by atoms with Crippen LogP contribution < -0.4 is 4.74 Å². The Kier molecular flexibility index (Phi) is 4.34. The molecule has 0 saturated heterocycles. The molecule has 5 heteroatoms. The summed E-state index contributed by atoms with van der Waals surface area (Å²) in [6.45, 7) is 8.45. The summed E-state index contributed by atoms with van der Waals surface area (Å²) in [6, 6.07) is 11.8. The highest BCUT2D eigenvalue weighted by molar-refractivity contribution is 5.52. The van der Waals surface area contributed by atoms with E-state index in [0.717, 1.165) is 11.3 Å². The van der Waals surface area contributed by atoms with Crippen LogP contribution in [0.2, 0.25) is 0 Å². The summed E-state index contributed by atoms with van der Waals surface area (Å²) in [5.74, 6) is 1.76. The molecule has 0 saturated carbocycles. The van der Waals surface area contributed by atoms with Crippen LogP contribution in [0.15, 0.2) is 53.3 Å². The fourth-order valence-electron chi connectivity index (χ4n) is 2.31. The third-order valence-corrected chi connectivity index (χ3v) is 3.76. The van der Waals surface area contributed by atoms with Crippen LogP contribution in [0.5, 0.6) is 5.75 Å². The smallest absolute Gasteiger partial charge is 0.267 e. The van der Waals surface area contributed by atoms with Crippen LogP contribution in [0.3, 0.4) is 0 Å². The molecule has 5 nitrogen and oxygen atoms in total. The minimum atomic E-state index is -0.325. The minimum Gasteiger partial charge on any atom is -0.481 e. The van der Waals surface area contributed by atoms with Gasteiger partial charge in [-0.25, -0.2) is 0 Å². The maximum absolute atomic E-state index is 5.91. The number of benzene rings is 1. The Morgan fingerprint density at radius 3 is 2.29 bits per heavy atom. The van der Waals surface area contributed by atoms with Gasteiger partial charge in [-0.2, -0.15) is 4.98 Å². The number of aromatic nitrogens is 3. The van der Waals surface area contributed by atoms with Crippen molar-refractivity contribution in [2.24, 2.45) is 0 Å².